The van der Waals surface area contributed by atoms with Gasteiger partial charge in [0, 0.05) is 6.07 Å². The maximum Gasteiger partial charge on any atom is 0.312 e. The molecule has 3 rings (SSSR count). The first-order valence-electron chi connectivity index (χ1n) is 7.48. The number of rotatable bonds is 5. The van der Waals surface area contributed by atoms with Crippen molar-refractivity contribution < 1.29 is 28.3 Å². The Kier molecular flexibility index (Phi) is 4.24. The Labute approximate surface area is 138 Å². The second-order valence-corrected chi connectivity index (χ2v) is 7.94. The van der Waals surface area contributed by atoms with Gasteiger partial charge >= 0.3 is 5.69 Å². The number of fused-ring (bicyclic) bond motifs is 2. The van der Waals surface area contributed by atoms with Gasteiger partial charge in [-0.3, -0.25) is 10.1 Å². The van der Waals surface area contributed by atoms with Crippen molar-refractivity contribution in [2.75, 3.05) is 6.61 Å². The monoisotopic (exact) mass is 358 g/mol. The molecule has 0 saturated heterocycles. The summed E-state index contributed by atoms with van der Waals surface area (Å²) in [6.07, 6.45) is -0.110. The molecule has 0 aliphatic heterocycles. The van der Waals surface area contributed by atoms with Crippen molar-refractivity contribution in [1.29, 1.82) is 0 Å². The minimum absolute atomic E-state index is 0.00841. The van der Waals surface area contributed by atoms with Gasteiger partial charge in [-0.2, -0.15) is 0 Å². The number of hydrogen-bond acceptors (Lipinski definition) is 7. The zero-order valence-corrected chi connectivity index (χ0v) is 13.4. The highest BCUT2D eigenvalue weighted by Crippen LogP contribution is 2.48. The number of ether oxygens (including phenoxy) is 1. The molecule has 9 nitrogen and oxygen atoms in total. The largest absolute Gasteiger partial charge is 0.487 e. The quantitative estimate of drug-likeness (QED) is 0.494. The lowest BCUT2D eigenvalue weighted by molar-refractivity contribution is -0.386. The van der Waals surface area contributed by atoms with E-state index in [0.29, 0.717) is 12.8 Å². The van der Waals surface area contributed by atoms with Crippen LogP contribution < -0.4 is 9.88 Å². The zero-order chi connectivity index (χ0) is 17.6. The second kappa shape index (κ2) is 5.96. The summed E-state index contributed by atoms with van der Waals surface area (Å²) in [7, 11) is -4.05. The fraction of sp³-hybridized carbons (Fsp3) is 0.571. The minimum Gasteiger partial charge on any atom is -0.487 e. The molecule has 2 aliphatic rings. The van der Waals surface area contributed by atoms with Crippen molar-refractivity contribution in [3.63, 3.8) is 0 Å². The molecule has 1 unspecified atom stereocenters. The van der Waals surface area contributed by atoms with Crippen LogP contribution in [0.4, 0.5) is 5.69 Å². The van der Waals surface area contributed by atoms with Crippen molar-refractivity contribution in [3.05, 3.63) is 28.3 Å². The van der Waals surface area contributed by atoms with Gasteiger partial charge in [0.1, 0.15) is 0 Å². The maximum absolute atomic E-state index is 11.3. The number of aliphatic hydroxyl groups is 2. The van der Waals surface area contributed by atoms with Crippen LogP contribution in [0.25, 0.3) is 0 Å². The molecule has 2 saturated carbocycles. The molecule has 0 radical (unpaired) electrons. The van der Waals surface area contributed by atoms with E-state index in [1.54, 1.807) is 0 Å². The average Bonchev–Trinajstić information content (AvgIpc) is 3.04. The number of sulfonamides is 1. The lowest BCUT2D eigenvalue weighted by Crippen LogP contribution is -2.38. The summed E-state index contributed by atoms with van der Waals surface area (Å²) in [4.78, 5) is 10.0. The first kappa shape index (κ1) is 17.1. The van der Waals surface area contributed by atoms with Gasteiger partial charge in [-0.25, -0.2) is 13.6 Å². The number of hydrogen-bond donors (Lipinski definition) is 3. The molecule has 10 heteroatoms. The molecule has 0 spiro atoms. The van der Waals surface area contributed by atoms with Crippen molar-refractivity contribution >= 4 is 15.7 Å². The number of primary sulfonamides is 1. The Bertz CT molecular complexity index is 764. The highest BCUT2D eigenvalue weighted by atomic mass is 32.2. The maximum atomic E-state index is 11.3. The van der Waals surface area contributed by atoms with Crippen LogP contribution in [-0.4, -0.2) is 42.4 Å². The Hall–Kier alpha value is -1.75. The standard InChI is InChI=1S/C14H18N2O7S/c15-24(21,22)9-1-2-12(11(5-9)16(19)20)23-6-8-3-7-4-10(8)14(18)13(7)17/h1-2,5,7-8,10,13-14,17-18H,3-4,6H2,(H2,15,21,22)/t7-,8?,10+,13+,14-/m1/s1. The summed E-state index contributed by atoms with van der Waals surface area (Å²) in [6.45, 7) is 0.153. The SMILES string of the molecule is NS(=O)(=O)c1ccc(OCC2C[C@@H]3C[C@@H]2[C@@H](O)[C@H]3O)c([N+](=O)[O-])c1. The number of nitro groups is 1. The van der Waals surface area contributed by atoms with Crippen LogP contribution in [0.2, 0.25) is 0 Å². The van der Waals surface area contributed by atoms with E-state index in [1.165, 1.54) is 6.07 Å². The molecule has 0 amide bonds. The third-order valence-corrected chi connectivity index (χ3v) is 5.88. The smallest absolute Gasteiger partial charge is 0.312 e. The van der Waals surface area contributed by atoms with Crippen LogP contribution in [0.5, 0.6) is 5.75 Å². The van der Waals surface area contributed by atoms with Gasteiger partial charge < -0.3 is 14.9 Å². The second-order valence-electron chi connectivity index (χ2n) is 6.38. The molecule has 1 aromatic carbocycles. The van der Waals surface area contributed by atoms with Gasteiger partial charge in [-0.05, 0) is 42.7 Å². The molecule has 5 atom stereocenters. The Morgan fingerprint density at radius 2 is 2.00 bits per heavy atom. The average molecular weight is 358 g/mol. The fourth-order valence-corrected chi connectivity index (χ4v) is 4.29. The Morgan fingerprint density at radius 1 is 1.29 bits per heavy atom. The summed E-state index contributed by atoms with van der Waals surface area (Å²) in [5.74, 6) is -0.123. The van der Waals surface area contributed by atoms with Gasteiger partial charge in [0.15, 0.2) is 5.75 Å². The highest BCUT2D eigenvalue weighted by molar-refractivity contribution is 7.89. The molecule has 0 aromatic heterocycles. The Balaban J connectivity index is 1.75. The lowest BCUT2D eigenvalue weighted by Gasteiger charge is -2.29. The molecular formula is C14H18N2O7S. The summed E-state index contributed by atoms with van der Waals surface area (Å²) in [6, 6.07) is 3.22. The number of nitro benzene ring substituents is 1. The van der Waals surface area contributed by atoms with Crippen LogP contribution >= 0.6 is 0 Å². The normalized spacial score (nSPS) is 32.0. The summed E-state index contributed by atoms with van der Waals surface area (Å²) in [5, 5.41) is 35.8. The molecule has 0 heterocycles. The van der Waals surface area contributed by atoms with Crippen molar-refractivity contribution in [1.82, 2.24) is 0 Å². The van der Waals surface area contributed by atoms with E-state index in [2.05, 4.69) is 0 Å². The first-order valence-corrected chi connectivity index (χ1v) is 9.03. The third-order valence-electron chi connectivity index (χ3n) is 4.97. The van der Waals surface area contributed by atoms with Gasteiger partial charge in [0.25, 0.3) is 0 Å². The predicted octanol–water partition coefficient (Wildman–Crippen LogP) is -0.00120. The van der Waals surface area contributed by atoms with Crippen LogP contribution in [0, 0.1) is 27.9 Å². The van der Waals surface area contributed by atoms with E-state index in [4.69, 9.17) is 9.88 Å². The molecule has 4 N–H and O–H groups in total. The molecule has 2 aliphatic carbocycles. The number of benzene rings is 1. The third kappa shape index (κ3) is 2.97. The van der Waals surface area contributed by atoms with Crippen LogP contribution in [-0.2, 0) is 10.0 Å². The molecule has 24 heavy (non-hydrogen) atoms. The van der Waals surface area contributed by atoms with E-state index >= 15 is 0 Å². The molecule has 132 valence electrons. The number of aliphatic hydroxyl groups excluding tert-OH is 2. The van der Waals surface area contributed by atoms with Crippen molar-refractivity contribution in [3.8, 4) is 5.75 Å². The van der Waals surface area contributed by atoms with Crippen molar-refractivity contribution in [2.24, 2.45) is 22.9 Å². The van der Waals surface area contributed by atoms with Crippen LogP contribution in [0.1, 0.15) is 12.8 Å². The molecule has 1 aromatic rings. The fourth-order valence-electron chi connectivity index (χ4n) is 3.76. The van der Waals surface area contributed by atoms with Crippen LogP contribution in [0.3, 0.4) is 0 Å². The van der Waals surface area contributed by atoms with E-state index in [1.807, 2.05) is 0 Å². The van der Waals surface area contributed by atoms with E-state index < -0.39 is 32.8 Å². The Morgan fingerprint density at radius 3 is 2.54 bits per heavy atom. The summed E-state index contributed by atoms with van der Waals surface area (Å²) >= 11 is 0. The minimum atomic E-state index is -4.05. The van der Waals surface area contributed by atoms with E-state index in [0.717, 1.165) is 12.1 Å². The molecular weight excluding hydrogens is 340 g/mol. The van der Waals surface area contributed by atoms with Gasteiger partial charge in [-0.15, -0.1) is 0 Å². The topological polar surface area (TPSA) is 153 Å². The predicted molar refractivity (Wildman–Crippen MR) is 81.7 cm³/mol. The lowest BCUT2D eigenvalue weighted by atomic mass is 9.85. The number of nitrogens with two attached hydrogens (primary N) is 1. The van der Waals surface area contributed by atoms with Gasteiger partial charge in [0.2, 0.25) is 10.0 Å². The van der Waals surface area contributed by atoms with Gasteiger partial charge in [0.05, 0.1) is 28.6 Å². The molecule has 2 fully saturated rings. The summed E-state index contributed by atoms with van der Waals surface area (Å²) < 4.78 is 28.1. The highest BCUT2D eigenvalue weighted by Gasteiger charge is 2.51. The number of nitrogens with zero attached hydrogens (tertiary/aromatic N) is 1. The van der Waals surface area contributed by atoms with Gasteiger partial charge in [-0.1, -0.05) is 0 Å². The van der Waals surface area contributed by atoms with E-state index in [9.17, 15) is 28.7 Å². The summed E-state index contributed by atoms with van der Waals surface area (Å²) in [5.41, 5.74) is -0.481. The zero-order valence-electron chi connectivity index (χ0n) is 12.6. The van der Waals surface area contributed by atoms with E-state index in [-0.39, 0.29) is 35.0 Å². The first-order chi connectivity index (χ1) is 11.2. The van der Waals surface area contributed by atoms with Crippen LogP contribution in [0.15, 0.2) is 23.1 Å². The van der Waals surface area contributed by atoms with Crippen molar-refractivity contribution in [2.45, 2.75) is 29.9 Å². The molecule has 2 bridgehead atoms.